The van der Waals surface area contributed by atoms with E-state index in [0.29, 0.717) is 17.7 Å². The first kappa shape index (κ1) is 19.6. The minimum atomic E-state index is -4.36. The molecule has 1 atom stereocenters. The van der Waals surface area contributed by atoms with E-state index >= 15 is 0 Å². The van der Waals surface area contributed by atoms with Crippen LogP contribution < -0.4 is 0 Å². The number of carbonyl (C=O) groups is 1. The zero-order valence-electron chi connectivity index (χ0n) is 15.4. The average Bonchev–Trinajstić information content (AvgIpc) is 3.23. The van der Waals surface area contributed by atoms with E-state index in [9.17, 15) is 18.0 Å². The van der Waals surface area contributed by atoms with Gasteiger partial charge in [0.15, 0.2) is 0 Å². The zero-order chi connectivity index (χ0) is 20.4. The Labute approximate surface area is 171 Å². The van der Waals surface area contributed by atoms with Gasteiger partial charge < -0.3 is 4.90 Å². The fourth-order valence-corrected chi connectivity index (χ4v) is 4.65. The van der Waals surface area contributed by atoms with Crippen LogP contribution in [0.15, 0.2) is 78.9 Å². The van der Waals surface area contributed by atoms with E-state index in [-0.39, 0.29) is 11.3 Å². The highest BCUT2D eigenvalue weighted by Crippen LogP contribution is 2.40. The predicted molar refractivity (Wildman–Crippen MR) is 110 cm³/mol. The number of hydrogen-bond acceptors (Lipinski definition) is 2. The third kappa shape index (κ3) is 4.17. The normalized spacial score (nSPS) is 16.8. The fraction of sp³-hybridized carbons (Fsp3) is 0.174. The first-order valence-corrected chi connectivity index (χ1v) is 10.2. The number of carbonyl (C=O) groups excluding carboxylic acids is 1. The van der Waals surface area contributed by atoms with Crippen LogP contribution in [0, 0.1) is 0 Å². The van der Waals surface area contributed by atoms with Crippen molar-refractivity contribution in [2.75, 3.05) is 12.3 Å². The molecule has 0 spiro atoms. The van der Waals surface area contributed by atoms with Gasteiger partial charge in [-0.1, -0.05) is 54.6 Å². The summed E-state index contributed by atoms with van der Waals surface area (Å²) in [4.78, 5) is 14.8. The Hall–Kier alpha value is -2.73. The van der Waals surface area contributed by atoms with Crippen molar-refractivity contribution >= 4 is 17.7 Å². The second kappa shape index (κ2) is 7.95. The number of nitrogens with zero attached hydrogens (tertiary/aromatic N) is 1. The first-order valence-electron chi connectivity index (χ1n) is 9.19. The Morgan fingerprint density at radius 1 is 0.862 bits per heavy atom. The van der Waals surface area contributed by atoms with Crippen molar-refractivity contribution in [1.82, 2.24) is 4.90 Å². The van der Waals surface area contributed by atoms with Crippen molar-refractivity contribution in [2.45, 2.75) is 11.6 Å². The van der Waals surface area contributed by atoms with Crippen molar-refractivity contribution in [2.24, 2.45) is 0 Å². The summed E-state index contributed by atoms with van der Waals surface area (Å²) in [6.07, 6.45) is -4.36. The molecule has 4 rings (SSSR count). The molecule has 29 heavy (non-hydrogen) atoms. The molecule has 1 aliphatic rings. The van der Waals surface area contributed by atoms with Gasteiger partial charge in [0.1, 0.15) is 5.37 Å². The maximum Gasteiger partial charge on any atom is 0.416 e. The monoisotopic (exact) mass is 413 g/mol. The van der Waals surface area contributed by atoms with Crippen molar-refractivity contribution in [3.8, 4) is 11.1 Å². The second-order valence-electron chi connectivity index (χ2n) is 6.78. The van der Waals surface area contributed by atoms with Gasteiger partial charge in [-0.25, -0.2) is 0 Å². The Morgan fingerprint density at radius 3 is 2.10 bits per heavy atom. The third-order valence-electron chi connectivity index (χ3n) is 4.91. The molecule has 3 aromatic rings. The quantitative estimate of drug-likeness (QED) is 0.505. The van der Waals surface area contributed by atoms with Gasteiger partial charge in [-0.2, -0.15) is 13.2 Å². The van der Waals surface area contributed by atoms with Gasteiger partial charge in [0.2, 0.25) is 0 Å². The SMILES string of the molecule is O=C(c1ccc(-c2ccccc2)cc1)N1CCS[C@H]1c1ccc(C(F)(F)F)cc1. The van der Waals surface area contributed by atoms with Crippen molar-refractivity contribution in [3.05, 3.63) is 95.6 Å². The Morgan fingerprint density at radius 2 is 1.48 bits per heavy atom. The molecule has 1 saturated heterocycles. The molecule has 3 aromatic carbocycles. The molecule has 2 nitrogen and oxygen atoms in total. The van der Waals surface area contributed by atoms with E-state index in [1.54, 1.807) is 28.8 Å². The molecule has 1 fully saturated rings. The molecule has 0 unspecified atom stereocenters. The van der Waals surface area contributed by atoms with Gasteiger partial charge in [-0.15, -0.1) is 11.8 Å². The molecule has 148 valence electrons. The summed E-state index contributed by atoms with van der Waals surface area (Å²) >= 11 is 1.56. The molecule has 0 N–H and O–H groups in total. The average molecular weight is 413 g/mol. The van der Waals surface area contributed by atoms with Crippen LogP contribution in [0.5, 0.6) is 0 Å². The maximum atomic E-state index is 13.0. The van der Waals surface area contributed by atoms with Gasteiger partial charge >= 0.3 is 6.18 Å². The second-order valence-corrected chi connectivity index (χ2v) is 7.97. The maximum absolute atomic E-state index is 13.0. The van der Waals surface area contributed by atoms with Crippen LogP contribution in [0.3, 0.4) is 0 Å². The van der Waals surface area contributed by atoms with E-state index in [2.05, 4.69) is 0 Å². The molecular formula is C23H18F3NOS. The molecule has 6 heteroatoms. The Bertz CT molecular complexity index is 985. The number of amides is 1. The number of halogens is 3. The number of benzene rings is 3. The van der Waals surface area contributed by atoms with Gasteiger partial charge in [0, 0.05) is 17.9 Å². The molecule has 1 heterocycles. The van der Waals surface area contributed by atoms with Crippen LogP contribution in [0.1, 0.15) is 26.9 Å². The number of thioether (sulfide) groups is 1. The molecule has 0 saturated carbocycles. The summed E-state index contributed by atoms with van der Waals surface area (Å²) in [6.45, 7) is 0.565. The molecule has 1 amide bonds. The van der Waals surface area contributed by atoms with Crippen LogP contribution >= 0.6 is 11.8 Å². The van der Waals surface area contributed by atoms with E-state index in [4.69, 9.17) is 0 Å². The summed E-state index contributed by atoms with van der Waals surface area (Å²) < 4.78 is 38.4. The highest BCUT2D eigenvalue weighted by atomic mass is 32.2. The highest BCUT2D eigenvalue weighted by Gasteiger charge is 2.33. The van der Waals surface area contributed by atoms with Gasteiger partial charge in [-0.05, 0) is 41.0 Å². The van der Waals surface area contributed by atoms with Crippen LogP contribution in [0.25, 0.3) is 11.1 Å². The summed E-state index contributed by atoms with van der Waals surface area (Å²) in [5, 5.41) is -0.279. The lowest BCUT2D eigenvalue weighted by Gasteiger charge is -2.24. The number of hydrogen-bond donors (Lipinski definition) is 0. The largest absolute Gasteiger partial charge is 0.416 e. The van der Waals surface area contributed by atoms with Gasteiger partial charge in [0.05, 0.1) is 5.56 Å². The Kier molecular flexibility index (Phi) is 5.37. The summed E-state index contributed by atoms with van der Waals surface area (Å²) in [5.74, 6) is 0.638. The first-order chi connectivity index (χ1) is 13.9. The molecular weight excluding hydrogens is 395 g/mol. The highest BCUT2D eigenvalue weighted by molar-refractivity contribution is 7.99. The minimum absolute atomic E-state index is 0.112. The molecule has 0 bridgehead atoms. The Balaban J connectivity index is 1.53. The number of alkyl halides is 3. The van der Waals surface area contributed by atoms with Crippen molar-refractivity contribution < 1.29 is 18.0 Å². The van der Waals surface area contributed by atoms with E-state index in [1.807, 2.05) is 42.5 Å². The lowest BCUT2D eigenvalue weighted by Crippen LogP contribution is -2.30. The standard InChI is InChI=1S/C23H18F3NOS/c24-23(25,26)20-12-10-19(11-13-20)22-27(14-15-29-22)21(28)18-8-6-17(7-9-18)16-4-2-1-3-5-16/h1-13,22H,14-15H2/t22-/m0/s1. The van der Waals surface area contributed by atoms with Crippen LogP contribution in [0.4, 0.5) is 13.2 Å². The van der Waals surface area contributed by atoms with Gasteiger partial charge in [0.25, 0.3) is 5.91 Å². The predicted octanol–water partition coefficient (Wildman–Crippen LogP) is 6.26. The fourth-order valence-electron chi connectivity index (χ4n) is 3.39. The smallest absolute Gasteiger partial charge is 0.322 e. The minimum Gasteiger partial charge on any atom is -0.322 e. The van der Waals surface area contributed by atoms with Crippen LogP contribution in [-0.4, -0.2) is 23.1 Å². The van der Waals surface area contributed by atoms with Crippen LogP contribution in [0.2, 0.25) is 0 Å². The van der Waals surface area contributed by atoms with Crippen LogP contribution in [-0.2, 0) is 6.18 Å². The third-order valence-corrected chi connectivity index (χ3v) is 6.17. The van der Waals surface area contributed by atoms with E-state index in [0.717, 1.165) is 29.0 Å². The lowest BCUT2D eigenvalue weighted by atomic mass is 10.0. The molecule has 0 aliphatic carbocycles. The van der Waals surface area contributed by atoms with E-state index < -0.39 is 11.7 Å². The lowest BCUT2D eigenvalue weighted by molar-refractivity contribution is -0.137. The van der Waals surface area contributed by atoms with E-state index in [1.165, 1.54) is 12.1 Å². The van der Waals surface area contributed by atoms with Gasteiger partial charge in [-0.3, -0.25) is 4.79 Å². The molecule has 1 aliphatic heterocycles. The molecule has 0 aromatic heterocycles. The van der Waals surface area contributed by atoms with Crippen molar-refractivity contribution in [1.29, 1.82) is 0 Å². The summed E-state index contributed by atoms with van der Waals surface area (Å²) in [5.41, 5.74) is 2.69. The zero-order valence-corrected chi connectivity index (χ0v) is 16.2. The summed E-state index contributed by atoms with van der Waals surface area (Å²) in [6, 6.07) is 22.4. The van der Waals surface area contributed by atoms with Crippen molar-refractivity contribution in [3.63, 3.8) is 0 Å². The summed E-state index contributed by atoms with van der Waals surface area (Å²) in [7, 11) is 0. The molecule has 0 radical (unpaired) electrons. The number of rotatable bonds is 3. The topological polar surface area (TPSA) is 20.3 Å².